The molecule has 2 aromatic heterocycles. The third-order valence-electron chi connectivity index (χ3n) is 4.26. The molecule has 31 heavy (non-hydrogen) atoms. The molecule has 0 radical (unpaired) electrons. The number of para-hydroxylation sites is 1. The third kappa shape index (κ3) is 5.07. The summed E-state index contributed by atoms with van der Waals surface area (Å²) in [7, 11) is 0. The van der Waals surface area contributed by atoms with Crippen molar-refractivity contribution in [3.63, 3.8) is 0 Å². The van der Waals surface area contributed by atoms with Crippen molar-refractivity contribution < 1.29 is 9.18 Å². The number of thioether (sulfide) groups is 1. The quantitative estimate of drug-likeness (QED) is 0.326. The molecular formula is C22H17FN4O2S2. The van der Waals surface area contributed by atoms with E-state index in [1.54, 1.807) is 12.1 Å². The molecule has 0 atom stereocenters. The summed E-state index contributed by atoms with van der Waals surface area (Å²) in [5.41, 5.74) is 2.05. The number of anilines is 1. The van der Waals surface area contributed by atoms with Crippen molar-refractivity contribution in [1.82, 2.24) is 15.0 Å². The smallest absolute Gasteiger partial charge is 0.252 e. The van der Waals surface area contributed by atoms with Crippen LogP contribution in [0, 0.1) is 12.7 Å². The normalized spacial score (nSPS) is 10.8. The fourth-order valence-electron chi connectivity index (χ4n) is 2.84. The van der Waals surface area contributed by atoms with Gasteiger partial charge in [-0.25, -0.2) is 14.4 Å². The highest BCUT2D eigenvalue weighted by Crippen LogP contribution is 2.34. The van der Waals surface area contributed by atoms with E-state index in [-0.39, 0.29) is 17.0 Å². The number of hydrogen-bond acceptors (Lipinski definition) is 6. The fourth-order valence-corrected chi connectivity index (χ4v) is 4.55. The van der Waals surface area contributed by atoms with Crippen molar-refractivity contribution >= 4 is 34.7 Å². The van der Waals surface area contributed by atoms with Crippen LogP contribution in [0.25, 0.3) is 21.1 Å². The third-order valence-corrected chi connectivity index (χ3v) is 6.36. The molecular weight excluding hydrogens is 435 g/mol. The highest BCUT2D eigenvalue weighted by atomic mass is 32.2. The molecule has 1 amide bonds. The number of thiazole rings is 1. The second-order valence-electron chi connectivity index (χ2n) is 6.55. The lowest BCUT2D eigenvalue weighted by Crippen LogP contribution is -2.16. The van der Waals surface area contributed by atoms with Crippen molar-refractivity contribution in [2.45, 2.75) is 12.1 Å². The Morgan fingerprint density at radius 2 is 1.87 bits per heavy atom. The SMILES string of the molecule is Cc1nc(-c2ccccc2)sc1-c1cc(=O)[nH]c(SCC(=O)Nc2ccccc2F)n1. The van der Waals surface area contributed by atoms with E-state index < -0.39 is 11.7 Å². The number of carbonyl (C=O) groups excluding carboxylic acids is 1. The number of hydrogen-bond donors (Lipinski definition) is 2. The predicted octanol–water partition coefficient (Wildman–Crippen LogP) is 4.74. The predicted molar refractivity (Wildman–Crippen MR) is 122 cm³/mol. The Morgan fingerprint density at radius 3 is 2.65 bits per heavy atom. The molecule has 0 unspecified atom stereocenters. The first kappa shape index (κ1) is 21.0. The molecule has 0 fully saturated rings. The molecule has 2 aromatic carbocycles. The first-order valence-electron chi connectivity index (χ1n) is 9.31. The van der Waals surface area contributed by atoms with Crippen LogP contribution in [-0.4, -0.2) is 26.6 Å². The van der Waals surface area contributed by atoms with E-state index in [1.165, 1.54) is 29.5 Å². The van der Waals surface area contributed by atoms with Crippen LogP contribution in [0.1, 0.15) is 5.69 Å². The molecule has 9 heteroatoms. The summed E-state index contributed by atoms with van der Waals surface area (Å²) in [6, 6.07) is 17.1. The Labute approximate surface area is 185 Å². The van der Waals surface area contributed by atoms with Gasteiger partial charge >= 0.3 is 0 Å². The Hall–Kier alpha value is -3.30. The number of carbonyl (C=O) groups is 1. The lowest BCUT2D eigenvalue weighted by molar-refractivity contribution is -0.113. The zero-order chi connectivity index (χ0) is 21.8. The van der Waals surface area contributed by atoms with E-state index in [1.807, 2.05) is 37.3 Å². The number of nitrogens with zero attached hydrogens (tertiary/aromatic N) is 2. The van der Waals surface area contributed by atoms with E-state index in [2.05, 4.69) is 20.3 Å². The van der Waals surface area contributed by atoms with Crippen LogP contribution in [0.4, 0.5) is 10.1 Å². The number of nitrogens with one attached hydrogen (secondary N) is 2. The summed E-state index contributed by atoms with van der Waals surface area (Å²) in [5.74, 6) is -0.940. The topological polar surface area (TPSA) is 87.7 Å². The van der Waals surface area contributed by atoms with Gasteiger partial charge < -0.3 is 10.3 Å². The minimum atomic E-state index is -0.510. The summed E-state index contributed by atoms with van der Waals surface area (Å²) in [6.07, 6.45) is 0. The van der Waals surface area contributed by atoms with Crippen molar-refractivity contribution in [3.05, 3.63) is 82.5 Å². The van der Waals surface area contributed by atoms with E-state index >= 15 is 0 Å². The first-order valence-corrected chi connectivity index (χ1v) is 11.1. The largest absolute Gasteiger partial charge is 0.323 e. The molecule has 0 aliphatic heterocycles. The summed E-state index contributed by atoms with van der Waals surface area (Å²) >= 11 is 2.52. The van der Waals surface area contributed by atoms with Gasteiger partial charge in [0.25, 0.3) is 5.56 Å². The maximum Gasteiger partial charge on any atom is 0.252 e. The lowest BCUT2D eigenvalue weighted by Gasteiger charge is -2.06. The van der Waals surface area contributed by atoms with Gasteiger partial charge in [-0.2, -0.15) is 0 Å². The van der Waals surface area contributed by atoms with Gasteiger partial charge in [-0.05, 0) is 19.1 Å². The number of aromatic amines is 1. The van der Waals surface area contributed by atoms with Crippen LogP contribution >= 0.6 is 23.1 Å². The second-order valence-corrected chi connectivity index (χ2v) is 8.52. The van der Waals surface area contributed by atoms with Crippen LogP contribution in [0.3, 0.4) is 0 Å². The van der Waals surface area contributed by atoms with Crippen molar-refractivity contribution in [2.24, 2.45) is 0 Å². The number of benzene rings is 2. The van der Waals surface area contributed by atoms with E-state index in [9.17, 15) is 14.0 Å². The van der Waals surface area contributed by atoms with Crippen LogP contribution in [0.2, 0.25) is 0 Å². The van der Waals surface area contributed by atoms with Crippen LogP contribution in [0.5, 0.6) is 0 Å². The number of amides is 1. The first-order chi connectivity index (χ1) is 15.0. The van der Waals surface area contributed by atoms with Crippen LogP contribution in [0.15, 0.2) is 70.6 Å². The van der Waals surface area contributed by atoms with Gasteiger partial charge in [0.1, 0.15) is 10.8 Å². The molecule has 0 saturated heterocycles. The average Bonchev–Trinajstić information content (AvgIpc) is 3.16. The number of halogens is 1. The highest BCUT2D eigenvalue weighted by Gasteiger charge is 2.15. The Kier molecular flexibility index (Phi) is 6.24. The van der Waals surface area contributed by atoms with Crippen molar-refractivity contribution in [3.8, 4) is 21.1 Å². The van der Waals surface area contributed by atoms with Gasteiger partial charge in [-0.15, -0.1) is 11.3 Å². The molecule has 2 N–H and O–H groups in total. The molecule has 156 valence electrons. The van der Waals surface area contributed by atoms with Gasteiger partial charge in [0, 0.05) is 11.6 Å². The molecule has 4 aromatic rings. The molecule has 0 spiro atoms. The summed E-state index contributed by atoms with van der Waals surface area (Å²) in [6.45, 7) is 1.87. The van der Waals surface area contributed by atoms with E-state index in [0.29, 0.717) is 10.9 Å². The van der Waals surface area contributed by atoms with Crippen LogP contribution in [-0.2, 0) is 4.79 Å². The maximum absolute atomic E-state index is 13.7. The molecule has 2 heterocycles. The van der Waals surface area contributed by atoms with Crippen molar-refractivity contribution in [2.75, 3.05) is 11.1 Å². The zero-order valence-electron chi connectivity index (χ0n) is 16.4. The molecule has 4 rings (SSSR count). The number of aromatic nitrogens is 3. The minimum Gasteiger partial charge on any atom is -0.323 e. The van der Waals surface area contributed by atoms with Crippen molar-refractivity contribution in [1.29, 1.82) is 0 Å². The van der Waals surface area contributed by atoms with Gasteiger partial charge in [-0.3, -0.25) is 9.59 Å². The van der Waals surface area contributed by atoms with Gasteiger partial charge in [0.05, 0.1) is 27.7 Å². The van der Waals surface area contributed by atoms with Gasteiger partial charge in [0.2, 0.25) is 5.91 Å². The monoisotopic (exact) mass is 452 g/mol. The molecule has 0 aliphatic rings. The molecule has 0 aliphatic carbocycles. The maximum atomic E-state index is 13.7. The van der Waals surface area contributed by atoms with E-state index in [0.717, 1.165) is 32.9 Å². The highest BCUT2D eigenvalue weighted by molar-refractivity contribution is 7.99. The Morgan fingerprint density at radius 1 is 1.13 bits per heavy atom. The van der Waals surface area contributed by atoms with E-state index in [4.69, 9.17) is 0 Å². The number of H-pyrrole nitrogens is 1. The molecule has 6 nitrogen and oxygen atoms in total. The Bertz CT molecular complexity index is 1290. The molecule has 0 bridgehead atoms. The summed E-state index contributed by atoms with van der Waals surface area (Å²) in [4.78, 5) is 36.9. The molecule has 0 saturated carbocycles. The zero-order valence-corrected chi connectivity index (χ0v) is 18.0. The number of aryl methyl sites for hydroxylation is 1. The summed E-state index contributed by atoms with van der Waals surface area (Å²) < 4.78 is 13.7. The minimum absolute atomic E-state index is 0.0301. The number of rotatable bonds is 6. The van der Waals surface area contributed by atoms with Crippen LogP contribution < -0.4 is 10.9 Å². The Balaban J connectivity index is 1.52. The second kappa shape index (κ2) is 9.23. The standard InChI is InChI=1S/C22H17FN4O2S2/c1-13-20(31-21(24-13)14-7-3-2-4-8-14)17-11-18(28)27-22(26-17)30-12-19(29)25-16-10-6-5-9-15(16)23/h2-11H,12H2,1H3,(H,25,29)(H,26,27,28). The van der Waals surface area contributed by atoms with Gasteiger partial charge in [-0.1, -0.05) is 54.2 Å². The fraction of sp³-hybridized carbons (Fsp3) is 0.0909. The summed E-state index contributed by atoms with van der Waals surface area (Å²) in [5, 5.41) is 3.66. The van der Waals surface area contributed by atoms with Gasteiger partial charge in [0.15, 0.2) is 5.16 Å². The lowest BCUT2D eigenvalue weighted by atomic mass is 10.2. The average molecular weight is 453 g/mol.